The highest BCUT2D eigenvalue weighted by molar-refractivity contribution is 5.00. The highest BCUT2D eigenvalue weighted by Gasteiger charge is 2.52. The molecule has 0 heterocycles. The summed E-state index contributed by atoms with van der Waals surface area (Å²) in [7, 11) is 0. The zero-order valence-electron chi connectivity index (χ0n) is 8.27. The number of nitrogens with two attached hydrogens (primary N) is 1. The van der Waals surface area contributed by atoms with Crippen LogP contribution in [0.2, 0.25) is 0 Å². The maximum atomic E-state index is 12.9. The first-order chi connectivity index (χ1) is 6.58. The molecule has 0 radical (unpaired) electrons. The normalized spacial score (nSPS) is 30.2. The van der Waals surface area contributed by atoms with Gasteiger partial charge in [0.25, 0.3) is 0 Å². The summed E-state index contributed by atoms with van der Waals surface area (Å²) in [5.74, 6) is 3.05. The summed E-state index contributed by atoms with van der Waals surface area (Å²) >= 11 is 0. The van der Waals surface area contributed by atoms with E-state index in [0.29, 0.717) is 25.4 Å². The lowest BCUT2D eigenvalue weighted by atomic mass is 9.77. The number of rotatable bonds is 3. The molecule has 82 valence electrons. The van der Waals surface area contributed by atoms with Gasteiger partial charge in [-0.2, -0.15) is 0 Å². The molecule has 0 amide bonds. The van der Waals surface area contributed by atoms with Gasteiger partial charge in [0.05, 0.1) is 6.61 Å². The lowest BCUT2D eigenvalue weighted by Crippen LogP contribution is -2.32. The monoisotopic (exact) mass is 205 g/mol. The highest BCUT2D eigenvalue weighted by Crippen LogP contribution is 2.57. The maximum absolute atomic E-state index is 12.9. The quantitative estimate of drug-likeness (QED) is 0.718. The molecule has 0 unspecified atom stereocenters. The van der Waals surface area contributed by atoms with Crippen LogP contribution < -0.4 is 5.90 Å². The van der Waals surface area contributed by atoms with Crippen LogP contribution in [0.25, 0.3) is 0 Å². The van der Waals surface area contributed by atoms with Crippen LogP contribution in [-0.2, 0) is 4.84 Å². The summed E-state index contributed by atoms with van der Waals surface area (Å²) in [5.41, 5.74) is 0.158. The summed E-state index contributed by atoms with van der Waals surface area (Å²) in [6.45, 7) is 0.545. The van der Waals surface area contributed by atoms with Crippen LogP contribution in [-0.4, -0.2) is 12.5 Å². The van der Waals surface area contributed by atoms with Crippen LogP contribution in [0.4, 0.5) is 8.78 Å². The zero-order chi connectivity index (χ0) is 10.2. The van der Waals surface area contributed by atoms with Gasteiger partial charge in [0.1, 0.15) is 0 Å². The predicted octanol–water partition coefficient (Wildman–Crippen LogP) is 2.48. The number of hydrogen-bond donors (Lipinski definition) is 1. The van der Waals surface area contributed by atoms with Gasteiger partial charge in [0.15, 0.2) is 0 Å². The Balaban J connectivity index is 1.89. The van der Waals surface area contributed by atoms with Crippen molar-refractivity contribution in [1.29, 1.82) is 0 Å². The van der Waals surface area contributed by atoms with Crippen molar-refractivity contribution in [3.05, 3.63) is 0 Å². The van der Waals surface area contributed by atoms with Crippen molar-refractivity contribution in [2.75, 3.05) is 6.61 Å². The molecule has 2 saturated carbocycles. The molecule has 2 rings (SSSR count). The third-order valence-corrected chi connectivity index (χ3v) is 3.85. The van der Waals surface area contributed by atoms with E-state index >= 15 is 0 Å². The van der Waals surface area contributed by atoms with Gasteiger partial charge in [0.2, 0.25) is 5.92 Å². The summed E-state index contributed by atoms with van der Waals surface area (Å²) in [6.07, 6.45) is 3.56. The Kier molecular flexibility index (Phi) is 2.52. The average Bonchev–Trinajstić information content (AvgIpc) is 2.86. The first-order valence-corrected chi connectivity index (χ1v) is 5.28. The number of alkyl halides is 2. The van der Waals surface area contributed by atoms with Crippen LogP contribution in [0.3, 0.4) is 0 Å². The average molecular weight is 205 g/mol. The summed E-state index contributed by atoms with van der Waals surface area (Å²) in [4.78, 5) is 4.69. The highest BCUT2D eigenvalue weighted by atomic mass is 19.3. The molecule has 0 saturated heterocycles. The molecule has 0 aromatic heterocycles. The van der Waals surface area contributed by atoms with Gasteiger partial charge in [-0.05, 0) is 37.0 Å². The fourth-order valence-electron chi connectivity index (χ4n) is 2.65. The smallest absolute Gasteiger partial charge is 0.248 e. The zero-order valence-corrected chi connectivity index (χ0v) is 8.27. The number of halogens is 2. The van der Waals surface area contributed by atoms with Gasteiger partial charge < -0.3 is 4.84 Å². The van der Waals surface area contributed by atoms with Crippen LogP contribution in [0.5, 0.6) is 0 Å². The first kappa shape index (κ1) is 10.3. The Hall–Kier alpha value is -0.220. The molecule has 4 heteroatoms. The Labute approximate surface area is 82.8 Å². The van der Waals surface area contributed by atoms with Crippen molar-refractivity contribution in [3.63, 3.8) is 0 Å². The fraction of sp³-hybridized carbons (Fsp3) is 1.00. The van der Waals surface area contributed by atoms with Crippen molar-refractivity contribution in [3.8, 4) is 0 Å². The van der Waals surface area contributed by atoms with E-state index in [1.165, 1.54) is 0 Å². The van der Waals surface area contributed by atoms with Gasteiger partial charge in [-0.1, -0.05) is 0 Å². The predicted molar refractivity (Wildman–Crippen MR) is 48.7 cm³/mol. The maximum Gasteiger partial charge on any atom is 0.248 e. The van der Waals surface area contributed by atoms with E-state index in [1.54, 1.807) is 0 Å². The van der Waals surface area contributed by atoms with E-state index in [1.807, 2.05) is 0 Å². The molecular formula is C10H17F2NO. The minimum Gasteiger partial charge on any atom is -0.304 e. The molecule has 2 aliphatic carbocycles. The molecule has 0 spiro atoms. The van der Waals surface area contributed by atoms with Gasteiger partial charge in [-0.25, -0.2) is 14.7 Å². The Morgan fingerprint density at radius 3 is 2.14 bits per heavy atom. The third kappa shape index (κ3) is 1.91. The molecule has 2 aliphatic rings. The lowest BCUT2D eigenvalue weighted by Gasteiger charge is -2.33. The van der Waals surface area contributed by atoms with Crippen LogP contribution in [0, 0.1) is 11.3 Å². The van der Waals surface area contributed by atoms with E-state index in [-0.39, 0.29) is 18.3 Å². The van der Waals surface area contributed by atoms with Crippen LogP contribution in [0.1, 0.15) is 38.5 Å². The van der Waals surface area contributed by atoms with Crippen molar-refractivity contribution < 1.29 is 13.6 Å². The van der Waals surface area contributed by atoms with Crippen molar-refractivity contribution in [2.45, 2.75) is 44.4 Å². The molecule has 0 aromatic rings. The number of hydrogen-bond acceptors (Lipinski definition) is 2. The van der Waals surface area contributed by atoms with Crippen molar-refractivity contribution in [2.24, 2.45) is 17.2 Å². The minimum absolute atomic E-state index is 0.0456. The van der Waals surface area contributed by atoms with E-state index in [4.69, 9.17) is 5.90 Å². The minimum atomic E-state index is -2.42. The lowest BCUT2D eigenvalue weighted by molar-refractivity contribution is -0.0616. The molecule has 2 N–H and O–H groups in total. The van der Waals surface area contributed by atoms with E-state index < -0.39 is 5.92 Å². The molecule has 2 nitrogen and oxygen atoms in total. The largest absolute Gasteiger partial charge is 0.304 e. The Morgan fingerprint density at radius 1 is 1.14 bits per heavy atom. The third-order valence-electron chi connectivity index (χ3n) is 3.85. The summed E-state index contributed by atoms with van der Waals surface area (Å²) in [6, 6.07) is 0. The molecular weight excluding hydrogens is 188 g/mol. The van der Waals surface area contributed by atoms with Crippen molar-refractivity contribution >= 4 is 0 Å². The van der Waals surface area contributed by atoms with Crippen LogP contribution in [0.15, 0.2) is 0 Å². The SMILES string of the molecule is NOCC1(C2CCC(F)(F)CC2)CC1. The standard InChI is InChI=1S/C10H17F2NO/c11-10(12)3-1-8(2-4-10)9(5-6-9)7-14-13/h8H,1-7,13H2. The summed E-state index contributed by atoms with van der Waals surface area (Å²) < 4.78 is 25.8. The van der Waals surface area contributed by atoms with Gasteiger partial charge in [-0.15, -0.1) is 0 Å². The summed E-state index contributed by atoms with van der Waals surface area (Å²) in [5, 5.41) is 0. The molecule has 0 aromatic carbocycles. The van der Waals surface area contributed by atoms with Gasteiger partial charge in [0, 0.05) is 12.8 Å². The molecule has 0 bridgehead atoms. The topological polar surface area (TPSA) is 35.2 Å². The molecule has 0 aliphatic heterocycles. The molecule has 2 fully saturated rings. The Morgan fingerprint density at radius 2 is 1.71 bits per heavy atom. The van der Waals surface area contributed by atoms with Crippen LogP contribution >= 0.6 is 0 Å². The second-order valence-electron chi connectivity index (χ2n) is 4.80. The second kappa shape index (κ2) is 3.42. The van der Waals surface area contributed by atoms with E-state index in [9.17, 15) is 8.78 Å². The Bertz CT molecular complexity index is 206. The molecule has 0 atom stereocenters. The van der Waals surface area contributed by atoms with Crippen molar-refractivity contribution in [1.82, 2.24) is 0 Å². The van der Waals surface area contributed by atoms with Gasteiger partial charge >= 0.3 is 0 Å². The van der Waals surface area contributed by atoms with E-state index in [2.05, 4.69) is 4.84 Å². The van der Waals surface area contributed by atoms with E-state index in [0.717, 1.165) is 12.8 Å². The fourth-order valence-corrected chi connectivity index (χ4v) is 2.65. The first-order valence-electron chi connectivity index (χ1n) is 5.28. The molecule has 14 heavy (non-hydrogen) atoms. The second-order valence-corrected chi connectivity index (χ2v) is 4.80. The van der Waals surface area contributed by atoms with Gasteiger partial charge in [-0.3, -0.25) is 0 Å².